The number of benzene rings is 1. The molecule has 0 bridgehead atoms. The van der Waals surface area contributed by atoms with Crippen LogP contribution < -0.4 is 0 Å². The molecule has 4 rings (SSSR count). The highest BCUT2D eigenvalue weighted by Gasteiger charge is 2.24. The summed E-state index contributed by atoms with van der Waals surface area (Å²) in [7, 11) is 4.18. The summed E-state index contributed by atoms with van der Waals surface area (Å²) in [6.07, 6.45) is 7.30. The first-order chi connectivity index (χ1) is 13.1. The molecule has 1 N–H and O–H groups in total. The molecule has 1 atom stereocenters. The molecular weight excluding hydrogens is 376 g/mol. The van der Waals surface area contributed by atoms with Crippen LogP contribution in [0.5, 0.6) is 0 Å². The molecule has 1 aromatic carbocycles. The average Bonchev–Trinajstić information content (AvgIpc) is 3.34. The third-order valence-electron chi connectivity index (χ3n) is 4.44. The van der Waals surface area contributed by atoms with Crippen molar-refractivity contribution in [1.82, 2.24) is 19.9 Å². The third kappa shape index (κ3) is 3.67. The number of H-pyrrole nitrogens is 1. The molecule has 6 heteroatoms. The van der Waals surface area contributed by atoms with Gasteiger partial charge in [0.05, 0.1) is 10.9 Å². The van der Waals surface area contributed by atoms with Gasteiger partial charge in [-0.05, 0) is 61.1 Å². The number of aromatic nitrogens is 3. The summed E-state index contributed by atoms with van der Waals surface area (Å²) in [6, 6.07) is 14.5. The Hall–Kier alpha value is -2.47. The van der Waals surface area contributed by atoms with E-state index in [1.54, 1.807) is 17.5 Å². The molecule has 136 valence electrons. The second-order valence-corrected chi connectivity index (χ2v) is 7.98. The fraction of sp³-hybridized carbons (Fsp3) is 0.143. The molecule has 0 saturated carbocycles. The largest absolute Gasteiger partial charge is 0.344 e. The van der Waals surface area contributed by atoms with Crippen LogP contribution in [0.3, 0.4) is 0 Å². The van der Waals surface area contributed by atoms with Crippen molar-refractivity contribution in [1.29, 1.82) is 0 Å². The summed E-state index contributed by atoms with van der Waals surface area (Å²) in [4.78, 5) is 16.5. The molecular formula is C21H19ClN4S. The minimum Gasteiger partial charge on any atom is -0.344 e. The lowest BCUT2D eigenvalue weighted by atomic mass is 9.97. The molecule has 3 heterocycles. The summed E-state index contributed by atoms with van der Waals surface area (Å²) < 4.78 is 0. The van der Waals surface area contributed by atoms with Gasteiger partial charge >= 0.3 is 0 Å². The van der Waals surface area contributed by atoms with Gasteiger partial charge in [0.25, 0.3) is 0 Å². The summed E-state index contributed by atoms with van der Waals surface area (Å²) in [6.45, 7) is 0. The zero-order chi connectivity index (χ0) is 18.8. The normalized spacial score (nSPS) is 12.4. The molecule has 3 aromatic heterocycles. The molecule has 27 heavy (non-hydrogen) atoms. The van der Waals surface area contributed by atoms with Gasteiger partial charge in [0.2, 0.25) is 0 Å². The van der Waals surface area contributed by atoms with Crippen molar-refractivity contribution >= 4 is 22.9 Å². The van der Waals surface area contributed by atoms with Gasteiger partial charge in [-0.1, -0.05) is 23.7 Å². The van der Waals surface area contributed by atoms with E-state index in [0.29, 0.717) is 0 Å². The lowest BCUT2D eigenvalue weighted by Gasteiger charge is -2.25. The molecule has 4 aromatic rings. The fourth-order valence-electron chi connectivity index (χ4n) is 3.24. The number of thiophene rings is 1. The summed E-state index contributed by atoms with van der Waals surface area (Å²) >= 11 is 7.85. The van der Waals surface area contributed by atoms with E-state index in [4.69, 9.17) is 11.6 Å². The van der Waals surface area contributed by atoms with Crippen LogP contribution in [0.1, 0.15) is 17.2 Å². The molecule has 0 spiro atoms. The highest BCUT2D eigenvalue weighted by molar-refractivity contribution is 7.19. The Labute approximate surface area is 167 Å². The predicted molar refractivity (Wildman–Crippen MR) is 112 cm³/mol. The van der Waals surface area contributed by atoms with E-state index < -0.39 is 0 Å². The third-order valence-corrected chi connectivity index (χ3v) is 5.89. The number of halogens is 1. The van der Waals surface area contributed by atoms with Gasteiger partial charge in [-0.2, -0.15) is 0 Å². The van der Waals surface area contributed by atoms with Crippen molar-refractivity contribution in [2.24, 2.45) is 0 Å². The van der Waals surface area contributed by atoms with E-state index in [1.807, 2.05) is 42.9 Å². The van der Waals surface area contributed by atoms with Crippen molar-refractivity contribution < 1.29 is 0 Å². The van der Waals surface area contributed by atoms with E-state index in [-0.39, 0.29) is 6.04 Å². The molecule has 0 saturated heterocycles. The molecule has 0 amide bonds. The van der Waals surface area contributed by atoms with E-state index >= 15 is 0 Å². The molecule has 0 aliphatic rings. The van der Waals surface area contributed by atoms with Gasteiger partial charge in [0, 0.05) is 34.7 Å². The van der Waals surface area contributed by atoms with Gasteiger partial charge in [0.15, 0.2) is 0 Å². The van der Waals surface area contributed by atoms with E-state index in [0.717, 1.165) is 21.3 Å². The molecule has 4 nitrogen and oxygen atoms in total. The lowest BCUT2D eigenvalue weighted by Crippen LogP contribution is -2.21. The number of rotatable bonds is 5. The van der Waals surface area contributed by atoms with E-state index in [2.05, 4.69) is 52.1 Å². The summed E-state index contributed by atoms with van der Waals surface area (Å²) in [5, 5.41) is 0.741. The maximum absolute atomic E-state index is 6.11. The van der Waals surface area contributed by atoms with E-state index in [1.165, 1.54) is 16.0 Å². The zero-order valence-corrected chi connectivity index (χ0v) is 16.6. The van der Waals surface area contributed by atoms with Gasteiger partial charge in [-0.3, -0.25) is 9.88 Å². The SMILES string of the molecule is CN(C)[C@@H](c1ccc(Cl)cc1)c1cc(-c2ccncc2)sc1-c1ncc[nH]1. The first-order valence-electron chi connectivity index (χ1n) is 8.59. The lowest BCUT2D eigenvalue weighted by molar-refractivity contribution is 0.343. The molecule has 0 aliphatic heterocycles. The van der Waals surface area contributed by atoms with Crippen LogP contribution in [0, 0.1) is 0 Å². The van der Waals surface area contributed by atoms with Crippen molar-refractivity contribution in [3.05, 3.63) is 83.4 Å². The second-order valence-electron chi connectivity index (χ2n) is 6.49. The number of hydrogen-bond donors (Lipinski definition) is 1. The maximum atomic E-state index is 6.11. The van der Waals surface area contributed by atoms with Crippen LogP contribution in [0.4, 0.5) is 0 Å². The van der Waals surface area contributed by atoms with Crippen molar-refractivity contribution in [3.63, 3.8) is 0 Å². The monoisotopic (exact) mass is 394 g/mol. The van der Waals surface area contributed by atoms with E-state index in [9.17, 15) is 0 Å². The number of imidazole rings is 1. The van der Waals surface area contributed by atoms with Crippen LogP contribution in [-0.2, 0) is 0 Å². The van der Waals surface area contributed by atoms with Crippen molar-refractivity contribution in [2.45, 2.75) is 6.04 Å². The minimum atomic E-state index is 0.0919. The Morgan fingerprint density at radius 3 is 2.41 bits per heavy atom. The van der Waals surface area contributed by atoms with Gasteiger partial charge < -0.3 is 4.98 Å². The number of nitrogens with one attached hydrogen (secondary N) is 1. The molecule has 0 fully saturated rings. The average molecular weight is 395 g/mol. The topological polar surface area (TPSA) is 44.8 Å². The Bertz CT molecular complexity index is 1010. The van der Waals surface area contributed by atoms with Gasteiger partial charge in [-0.25, -0.2) is 4.98 Å². The highest BCUT2D eigenvalue weighted by atomic mass is 35.5. The Balaban J connectivity index is 1.88. The van der Waals surface area contributed by atoms with Crippen LogP contribution >= 0.6 is 22.9 Å². The smallest absolute Gasteiger partial charge is 0.147 e. The first-order valence-corrected chi connectivity index (χ1v) is 9.78. The summed E-state index contributed by atoms with van der Waals surface area (Å²) in [5.41, 5.74) is 3.56. The quantitative estimate of drug-likeness (QED) is 0.485. The Morgan fingerprint density at radius 1 is 1.04 bits per heavy atom. The van der Waals surface area contributed by atoms with Crippen LogP contribution in [0.15, 0.2) is 67.3 Å². The van der Waals surface area contributed by atoms with Crippen molar-refractivity contribution in [3.8, 4) is 21.1 Å². The number of hydrogen-bond acceptors (Lipinski definition) is 4. The standard InChI is InChI=1S/C21H19ClN4S/c1-26(2)19(15-3-5-16(22)6-4-15)17-13-18(14-7-9-23-10-8-14)27-20(17)21-24-11-12-25-21/h3-13,19H,1-2H3,(H,24,25)/t19-/m0/s1. The van der Waals surface area contributed by atoms with Gasteiger partial charge in [-0.15, -0.1) is 11.3 Å². The fourth-order valence-corrected chi connectivity index (χ4v) is 4.52. The van der Waals surface area contributed by atoms with Crippen LogP contribution in [-0.4, -0.2) is 33.9 Å². The maximum Gasteiger partial charge on any atom is 0.147 e. The number of nitrogens with zero attached hydrogens (tertiary/aromatic N) is 3. The molecule has 0 unspecified atom stereocenters. The number of pyridine rings is 1. The summed E-state index contributed by atoms with van der Waals surface area (Å²) in [5.74, 6) is 0.885. The second kappa shape index (κ2) is 7.64. The van der Waals surface area contributed by atoms with Crippen molar-refractivity contribution in [2.75, 3.05) is 14.1 Å². The van der Waals surface area contributed by atoms with Gasteiger partial charge in [0.1, 0.15) is 5.82 Å². The molecule has 0 aliphatic carbocycles. The zero-order valence-electron chi connectivity index (χ0n) is 15.1. The predicted octanol–water partition coefficient (Wildman–Crippen LogP) is 5.50. The first kappa shape index (κ1) is 17.9. The van der Waals surface area contributed by atoms with Crippen LogP contribution in [0.2, 0.25) is 5.02 Å². The Kier molecular flexibility index (Phi) is 5.07. The number of aromatic amines is 1. The molecule has 0 radical (unpaired) electrons. The Morgan fingerprint density at radius 2 is 1.78 bits per heavy atom. The van der Waals surface area contributed by atoms with Crippen LogP contribution in [0.25, 0.3) is 21.1 Å². The highest BCUT2D eigenvalue weighted by Crippen LogP contribution is 2.42. The minimum absolute atomic E-state index is 0.0919.